The van der Waals surface area contributed by atoms with Gasteiger partial charge < -0.3 is 14.4 Å². The molecule has 0 unspecified atom stereocenters. The molecule has 6 rings (SSSR count). The minimum atomic E-state index is -4.50. The van der Waals surface area contributed by atoms with Crippen LogP contribution in [0.3, 0.4) is 0 Å². The molecule has 3 aromatic carbocycles. The van der Waals surface area contributed by atoms with Crippen molar-refractivity contribution in [2.45, 2.75) is 32.6 Å². The van der Waals surface area contributed by atoms with Crippen LogP contribution in [0.15, 0.2) is 103 Å². The fourth-order valence-electron chi connectivity index (χ4n) is 5.89. The minimum Gasteiger partial charge on any atom is -0.340 e. The highest BCUT2D eigenvalue weighted by Gasteiger charge is 2.34. The second kappa shape index (κ2) is 12.1. The van der Waals surface area contributed by atoms with Gasteiger partial charge in [0.2, 0.25) is 0 Å². The van der Waals surface area contributed by atoms with Gasteiger partial charge in [-0.25, -0.2) is 0 Å². The summed E-state index contributed by atoms with van der Waals surface area (Å²) in [5.41, 5.74) is 4.73. The Labute approximate surface area is 259 Å². The van der Waals surface area contributed by atoms with Gasteiger partial charge in [-0.3, -0.25) is 14.6 Å². The first-order valence-corrected chi connectivity index (χ1v) is 14.6. The lowest BCUT2D eigenvalue weighted by Crippen LogP contribution is -2.31. The lowest BCUT2D eigenvalue weighted by molar-refractivity contribution is -0.137. The molecule has 1 aliphatic heterocycles. The van der Waals surface area contributed by atoms with Crippen LogP contribution in [0.2, 0.25) is 0 Å². The number of aryl methyl sites for hydroxylation is 1. The number of halogens is 3. The standard InChI is InChI=1S/C36H31F3N4O2/c1-24-21-26(11-13-29(24)30-8-4-5-9-31(30)36(37,38)39)34(44)43-23-28-12-14-33(42(28)22-27-7-3-6-10-32(27)43)35(45)41(2)20-17-25-15-18-40-19-16-25/h3-16,18-19,21H,17,20,22-23H2,1-2H3. The fraction of sp³-hybridized carbons (Fsp3) is 0.194. The molecule has 0 aliphatic carbocycles. The van der Waals surface area contributed by atoms with Crippen molar-refractivity contribution in [2.75, 3.05) is 18.5 Å². The van der Waals surface area contributed by atoms with E-state index in [0.717, 1.165) is 28.6 Å². The first kappa shape index (κ1) is 29.9. The van der Waals surface area contributed by atoms with Crippen molar-refractivity contribution in [2.24, 2.45) is 0 Å². The Bertz CT molecular complexity index is 1880. The SMILES string of the molecule is Cc1cc(C(=O)N2Cc3ccc(C(=O)N(C)CCc4ccncc4)n3Cc3ccccc32)ccc1-c1ccccc1C(F)(F)F. The van der Waals surface area contributed by atoms with Crippen LogP contribution in [0.1, 0.15) is 48.8 Å². The maximum absolute atomic E-state index is 14.1. The Morgan fingerprint density at radius 1 is 0.867 bits per heavy atom. The molecule has 0 N–H and O–H groups in total. The van der Waals surface area contributed by atoms with Crippen LogP contribution < -0.4 is 4.90 Å². The third-order valence-corrected chi connectivity index (χ3v) is 8.29. The maximum atomic E-state index is 14.1. The number of carbonyl (C=O) groups excluding carboxylic acids is 2. The normalized spacial score (nSPS) is 12.7. The first-order valence-electron chi connectivity index (χ1n) is 14.6. The molecular formula is C36H31F3N4O2. The van der Waals surface area contributed by atoms with E-state index in [1.807, 2.05) is 47.0 Å². The Hall–Kier alpha value is -5.18. The molecule has 228 valence electrons. The molecule has 45 heavy (non-hydrogen) atoms. The van der Waals surface area contributed by atoms with Crippen LogP contribution in [0.4, 0.5) is 18.9 Å². The summed E-state index contributed by atoms with van der Waals surface area (Å²) in [4.78, 5) is 35.1. The number of para-hydroxylation sites is 1. The number of nitrogens with zero attached hydrogens (tertiary/aromatic N) is 4. The zero-order valence-electron chi connectivity index (χ0n) is 24.9. The molecule has 2 amide bonds. The van der Waals surface area contributed by atoms with Crippen LogP contribution in [0.5, 0.6) is 0 Å². The highest BCUT2D eigenvalue weighted by Crippen LogP contribution is 2.38. The third kappa shape index (κ3) is 5.98. The van der Waals surface area contributed by atoms with Crippen molar-refractivity contribution in [3.63, 3.8) is 0 Å². The average Bonchev–Trinajstić information content (AvgIpc) is 3.35. The summed E-state index contributed by atoms with van der Waals surface area (Å²) in [6.07, 6.45) is -0.339. The van der Waals surface area contributed by atoms with E-state index >= 15 is 0 Å². The van der Waals surface area contributed by atoms with Crippen LogP contribution in [-0.2, 0) is 25.7 Å². The number of aromatic nitrogens is 2. The minimum absolute atomic E-state index is 0.0717. The van der Waals surface area contributed by atoms with Gasteiger partial charge in [0.1, 0.15) is 5.69 Å². The molecule has 0 saturated heterocycles. The first-order chi connectivity index (χ1) is 21.6. The highest BCUT2D eigenvalue weighted by atomic mass is 19.4. The van der Waals surface area contributed by atoms with Crippen molar-refractivity contribution in [3.05, 3.63) is 143 Å². The highest BCUT2D eigenvalue weighted by molar-refractivity contribution is 6.07. The smallest absolute Gasteiger partial charge is 0.340 e. The Morgan fingerprint density at radius 3 is 2.36 bits per heavy atom. The molecule has 5 aromatic rings. The third-order valence-electron chi connectivity index (χ3n) is 8.29. The van der Waals surface area contributed by atoms with E-state index in [2.05, 4.69) is 4.98 Å². The number of anilines is 1. The molecule has 2 aromatic heterocycles. The van der Waals surface area contributed by atoms with Gasteiger partial charge in [0.15, 0.2) is 0 Å². The second-order valence-electron chi connectivity index (χ2n) is 11.2. The van der Waals surface area contributed by atoms with Gasteiger partial charge in [-0.05, 0) is 89.7 Å². The zero-order chi connectivity index (χ0) is 31.7. The largest absolute Gasteiger partial charge is 0.417 e. The van der Waals surface area contributed by atoms with E-state index in [4.69, 9.17) is 0 Å². The van der Waals surface area contributed by atoms with Crippen molar-refractivity contribution in [3.8, 4) is 11.1 Å². The molecule has 0 spiro atoms. The molecule has 0 radical (unpaired) electrons. The number of carbonyl (C=O) groups is 2. The van der Waals surface area contributed by atoms with Crippen LogP contribution in [0.25, 0.3) is 11.1 Å². The average molecular weight is 609 g/mol. The summed E-state index contributed by atoms with van der Waals surface area (Å²) < 4.78 is 43.2. The number of pyridine rings is 1. The van der Waals surface area contributed by atoms with Crippen LogP contribution in [-0.4, -0.2) is 39.9 Å². The van der Waals surface area contributed by atoms with E-state index in [-0.39, 0.29) is 23.9 Å². The van der Waals surface area contributed by atoms with Crippen molar-refractivity contribution in [1.82, 2.24) is 14.5 Å². The molecular weight excluding hydrogens is 577 g/mol. The Balaban J connectivity index is 1.29. The van der Waals surface area contributed by atoms with Gasteiger partial charge in [-0.15, -0.1) is 0 Å². The topological polar surface area (TPSA) is 58.4 Å². The lowest BCUT2D eigenvalue weighted by atomic mass is 9.94. The summed E-state index contributed by atoms with van der Waals surface area (Å²) in [5, 5.41) is 0. The monoisotopic (exact) mass is 608 g/mol. The number of likely N-dealkylation sites (N-methyl/N-ethyl adjacent to an activating group) is 1. The number of fused-ring (bicyclic) bond motifs is 2. The van der Waals surface area contributed by atoms with Crippen LogP contribution >= 0.6 is 0 Å². The number of hydrogen-bond donors (Lipinski definition) is 0. The number of benzene rings is 3. The number of amides is 2. The molecule has 0 bridgehead atoms. The van der Waals surface area contributed by atoms with Crippen molar-refractivity contribution < 1.29 is 22.8 Å². The Morgan fingerprint density at radius 2 is 1.60 bits per heavy atom. The van der Waals surface area contributed by atoms with E-state index in [0.29, 0.717) is 41.9 Å². The quantitative estimate of drug-likeness (QED) is 0.202. The molecule has 0 fully saturated rings. The molecule has 6 nitrogen and oxygen atoms in total. The van der Waals surface area contributed by atoms with Gasteiger partial charge in [-0.1, -0.05) is 42.5 Å². The summed E-state index contributed by atoms with van der Waals surface area (Å²) in [6.45, 7) is 2.88. The van der Waals surface area contributed by atoms with E-state index in [9.17, 15) is 22.8 Å². The van der Waals surface area contributed by atoms with E-state index in [1.54, 1.807) is 66.5 Å². The molecule has 0 saturated carbocycles. The van der Waals surface area contributed by atoms with E-state index in [1.165, 1.54) is 12.1 Å². The van der Waals surface area contributed by atoms with E-state index < -0.39 is 11.7 Å². The molecule has 1 aliphatic rings. The van der Waals surface area contributed by atoms with Gasteiger partial charge >= 0.3 is 6.18 Å². The summed E-state index contributed by atoms with van der Waals surface area (Å²) in [6, 6.07) is 25.4. The Kier molecular flexibility index (Phi) is 8.01. The van der Waals surface area contributed by atoms with Gasteiger partial charge in [0, 0.05) is 42.9 Å². The van der Waals surface area contributed by atoms with Crippen molar-refractivity contribution >= 4 is 17.5 Å². The fourth-order valence-corrected chi connectivity index (χ4v) is 5.89. The zero-order valence-corrected chi connectivity index (χ0v) is 24.9. The van der Waals surface area contributed by atoms with Gasteiger partial charge in [0.25, 0.3) is 11.8 Å². The van der Waals surface area contributed by atoms with Gasteiger partial charge in [-0.2, -0.15) is 13.2 Å². The molecule has 0 atom stereocenters. The number of hydrogen-bond acceptors (Lipinski definition) is 3. The predicted molar refractivity (Wildman–Crippen MR) is 167 cm³/mol. The van der Waals surface area contributed by atoms with Gasteiger partial charge in [0.05, 0.1) is 18.7 Å². The summed E-state index contributed by atoms with van der Waals surface area (Å²) >= 11 is 0. The lowest BCUT2D eigenvalue weighted by Gasteiger charge is -2.23. The molecule has 3 heterocycles. The van der Waals surface area contributed by atoms with Crippen molar-refractivity contribution in [1.29, 1.82) is 0 Å². The predicted octanol–water partition coefficient (Wildman–Crippen LogP) is 7.40. The number of alkyl halides is 3. The summed E-state index contributed by atoms with van der Waals surface area (Å²) in [5.74, 6) is -0.392. The second-order valence-corrected chi connectivity index (χ2v) is 11.2. The van der Waals surface area contributed by atoms with Crippen LogP contribution in [0, 0.1) is 6.92 Å². The molecule has 9 heteroatoms. The summed E-state index contributed by atoms with van der Waals surface area (Å²) in [7, 11) is 1.78. The number of rotatable bonds is 6. The maximum Gasteiger partial charge on any atom is 0.417 e.